The molecule has 1 rings (SSSR count). The number of hydrogen-bond donors (Lipinski definition) is 2. The first kappa shape index (κ1) is 14.5. The van der Waals surface area contributed by atoms with Gasteiger partial charge in [-0.2, -0.15) is 0 Å². The first-order valence-electron chi connectivity index (χ1n) is 7.06. The van der Waals surface area contributed by atoms with Gasteiger partial charge in [0, 0.05) is 12.0 Å². The van der Waals surface area contributed by atoms with E-state index in [1.165, 1.54) is 6.42 Å². The number of carbonyl (C=O) groups excluding carboxylic acids is 1. The van der Waals surface area contributed by atoms with Crippen LogP contribution in [0.4, 0.5) is 0 Å². The summed E-state index contributed by atoms with van der Waals surface area (Å²) in [5.41, 5.74) is 5.91. The fourth-order valence-electron chi connectivity index (χ4n) is 2.83. The van der Waals surface area contributed by atoms with E-state index in [9.17, 15) is 4.79 Å². The molecular formula is C14H28N2O. The molecule has 0 heterocycles. The Kier molecular flexibility index (Phi) is 4.99. The molecule has 0 aliphatic heterocycles. The van der Waals surface area contributed by atoms with E-state index in [1.54, 1.807) is 0 Å². The summed E-state index contributed by atoms with van der Waals surface area (Å²) in [6.45, 7) is 7.10. The van der Waals surface area contributed by atoms with Crippen molar-refractivity contribution in [3.63, 3.8) is 0 Å². The zero-order valence-corrected chi connectivity index (χ0v) is 11.6. The molecule has 0 aromatic carbocycles. The minimum Gasteiger partial charge on any atom is -0.351 e. The highest BCUT2D eigenvalue weighted by molar-refractivity contribution is 5.77. The normalized spacial score (nSPS) is 18.6. The molecular weight excluding hydrogens is 212 g/mol. The second kappa shape index (κ2) is 5.85. The summed E-state index contributed by atoms with van der Waals surface area (Å²) in [6, 6.07) is 0. The van der Waals surface area contributed by atoms with Crippen LogP contribution in [0.5, 0.6) is 0 Å². The van der Waals surface area contributed by atoms with Crippen molar-refractivity contribution in [2.75, 3.05) is 6.54 Å². The van der Waals surface area contributed by atoms with Crippen LogP contribution in [0.25, 0.3) is 0 Å². The highest BCUT2D eigenvalue weighted by Gasteiger charge is 2.38. The van der Waals surface area contributed by atoms with Gasteiger partial charge in [-0.15, -0.1) is 0 Å². The topological polar surface area (TPSA) is 55.1 Å². The molecule has 3 heteroatoms. The third-order valence-electron chi connectivity index (χ3n) is 4.82. The fraction of sp³-hybridized carbons (Fsp3) is 0.929. The van der Waals surface area contributed by atoms with E-state index in [0.717, 1.165) is 32.1 Å². The lowest BCUT2D eigenvalue weighted by Crippen LogP contribution is -2.50. The van der Waals surface area contributed by atoms with Gasteiger partial charge in [0.1, 0.15) is 0 Å². The number of nitrogens with two attached hydrogens (primary N) is 1. The zero-order chi connectivity index (χ0) is 12.9. The summed E-state index contributed by atoms with van der Waals surface area (Å²) in [5.74, 6) is 0.195. The average Bonchev–Trinajstić information content (AvgIpc) is 2.31. The van der Waals surface area contributed by atoms with Crippen molar-refractivity contribution in [3.8, 4) is 0 Å². The van der Waals surface area contributed by atoms with Crippen molar-refractivity contribution >= 4 is 5.91 Å². The van der Waals surface area contributed by atoms with Gasteiger partial charge in [0.15, 0.2) is 0 Å². The largest absolute Gasteiger partial charge is 0.351 e. The van der Waals surface area contributed by atoms with Crippen molar-refractivity contribution in [2.24, 2.45) is 11.1 Å². The third-order valence-corrected chi connectivity index (χ3v) is 4.82. The zero-order valence-electron chi connectivity index (χ0n) is 11.6. The molecule has 1 aliphatic rings. The van der Waals surface area contributed by atoms with Crippen LogP contribution in [-0.2, 0) is 4.79 Å². The SMILES string of the molecule is CCC(CC)(CC)NC(=O)CC1(CN)CCC1. The van der Waals surface area contributed by atoms with E-state index in [2.05, 4.69) is 26.1 Å². The molecule has 1 aliphatic carbocycles. The number of rotatable bonds is 7. The molecule has 1 fully saturated rings. The number of nitrogens with one attached hydrogen (secondary N) is 1. The van der Waals surface area contributed by atoms with Crippen LogP contribution in [0.3, 0.4) is 0 Å². The molecule has 1 amide bonds. The van der Waals surface area contributed by atoms with E-state index in [-0.39, 0.29) is 16.9 Å². The lowest BCUT2D eigenvalue weighted by molar-refractivity contribution is -0.126. The van der Waals surface area contributed by atoms with Gasteiger partial charge in [-0.05, 0) is 44.1 Å². The Morgan fingerprint density at radius 1 is 1.24 bits per heavy atom. The van der Waals surface area contributed by atoms with Crippen molar-refractivity contribution in [3.05, 3.63) is 0 Å². The monoisotopic (exact) mass is 240 g/mol. The molecule has 0 spiro atoms. The molecule has 100 valence electrons. The molecule has 0 bridgehead atoms. The molecule has 17 heavy (non-hydrogen) atoms. The van der Waals surface area contributed by atoms with Crippen LogP contribution in [-0.4, -0.2) is 18.0 Å². The standard InChI is InChI=1S/C14H28N2O/c1-4-14(5-2,6-3)16-12(17)10-13(11-15)8-7-9-13/h4-11,15H2,1-3H3,(H,16,17). The van der Waals surface area contributed by atoms with Crippen LogP contribution in [0, 0.1) is 5.41 Å². The van der Waals surface area contributed by atoms with Crippen molar-refractivity contribution in [1.82, 2.24) is 5.32 Å². The molecule has 0 radical (unpaired) electrons. The van der Waals surface area contributed by atoms with Crippen molar-refractivity contribution in [2.45, 2.75) is 71.3 Å². The van der Waals surface area contributed by atoms with Gasteiger partial charge < -0.3 is 11.1 Å². The highest BCUT2D eigenvalue weighted by Crippen LogP contribution is 2.43. The van der Waals surface area contributed by atoms with Gasteiger partial charge in [-0.1, -0.05) is 27.2 Å². The van der Waals surface area contributed by atoms with Crippen LogP contribution in [0.15, 0.2) is 0 Å². The van der Waals surface area contributed by atoms with Gasteiger partial charge in [-0.25, -0.2) is 0 Å². The van der Waals surface area contributed by atoms with Crippen LogP contribution < -0.4 is 11.1 Å². The Hall–Kier alpha value is -0.570. The van der Waals surface area contributed by atoms with Crippen LogP contribution >= 0.6 is 0 Å². The molecule has 1 saturated carbocycles. The Morgan fingerprint density at radius 3 is 2.06 bits per heavy atom. The van der Waals surface area contributed by atoms with E-state index in [4.69, 9.17) is 5.73 Å². The second-order valence-corrected chi connectivity index (χ2v) is 5.62. The van der Waals surface area contributed by atoms with E-state index >= 15 is 0 Å². The molecule has 0 saturated heterocycles. The minimum absolute atomic E-state index is 0.00335. The number of amides is 1. The highest BCUT2D eigenvalue weighted by atomic mass is 16.1. The molecule has 0 aromatic rings. The number of hydrogen-bond acceptors (Lipinski definition) is 2. The van der Waals surface area contributed by atoms with Gasteiger partial charge in [0.05, 0.1) is 0 Å². The third kappa shape index (κ3) is 3.21. The first-order chi connectivity index (χ1) is 8.05. The quantitative estimate of drug-likeness (QED) is 0.718. The number of carbonyl (C=O) groups is 1. The molecule has 0 aromatic heterocycles. The lowest BCUT2D eigenvalue weighted by Gasteiger charge is -2.41. The van der Waals surface area contributed by atoms with Gasteiger partial charge in [-0.3, -0.25) is 4.79 Å². The fourth-order valence-corrected chi connectivity index (χ4v) is 2.83. The maximum absolute atomic E-state index is 12.1. The smallest absolute Gasteiger partial charge is 0.221 e. The molecule has 0 atom stereocenters. The van der Waals surface area contributed by atoms with Gasteiger partial charge >= 0.3 is 0 Å². The van der Waals surface area contributed by atoms with E-state index in [0.29, 0.717) is 13.0 Å². The van der Waals surface area contributed by atoms with E-state index in [1.807, 2.05) is 0 Å². The average molecular weight is 240 g/mol. The first-order valence-corrected chi connectivity index (χ1v) is 7.06. The summed E-state index contributed by atoms with van der Waals surface area (Å²) in [7, 11) is 0. The van der Waals surface area contributed by atoms with E-state index < -0.39 is 0 Å². The Morgan fingerprint density at radius 2 is 1.76 bits per heavy atom. The predicted octanol–water partition coefficient (Wildman–Crippen LogP) is 2.59. The predicted molar refractivity (Wildman–Crippen MR) is 71.7 cm³/mol. The van der Waals surface area contributed by atoms with Crippen LogP contribution in [0.2, 0.25) is 0 Å². The van der Waals surface area contributed by atoms with Crippen molar-refractivity contribution < 1.29 is 4.79 Å². The summed E-state index contributed by atoms with van der Waals surface area (Å²) < 4.78 is 0. The summed E-state index contributed by atoms with van der Waals surface area (Å²) >= 11 is 0. The Bertz CT molecular complexity index is 241. The minimum atomic E-state index is -0.00335. The lowest BCUT2D eigenvalue weighted by atomic mass is 9.66. The second-order valence-electron chi connectivity index (χ2n) is 5.62. The van der Waals surface area contributed by atoms with Gasteiger partial charge in [0.25, 0.3) is 0 Å². The van der Waals surface area contributed by atoms with Crippen LogP contribution in [0.1, 0.15) is 65.7 Å². The summed E-state index contributed by atoms with van der Waals surface area (Å²) in [6.07, 6.45) is 7.09. The maximum Gasteiger partial charge on any atom is 0.221 e. The Labute approximate surface area is 106 Å². The Balaban J connectivity index is 2.53. The van der Waals surface area contributed by atoms with Gasteiger partial charge in [0.2, 0.25) is 5.91 Å². The molecule has 0 unspecified atom stereocenters. The summed E-state index contributed by atoms with van der Waals surface area (Å²) in [5, 5.41) is 3.24. The maximum atomic E-state index is 12.1. The van der Waals surface area contributed by atoms with Crippen molar-refractivity contribution in [1.29, 1.82) is 0 Å². The molecule has 3 N–H and O–H groups in total. The molecule has 3 nitrogen and oxygen atoms in total. The summed E-state index contributed by atoms with van der Waals surface area (Å²) in [4.78, 5) is 12.1.